The number of nitrogens with one attached hydrogen (secondary N) is 1. The van der Waals surface area contributed by atoms with Gasteiger partial charge in [0.2, 0.25) is 5.91 Å². The lowest BCUT2D eigenvalue weighted by atomic mass is 10.2. The first-order valence-corrected chi connectivity index (χ1v) is 10.7. The number of fused-ring (bicyclic) bond motifs is 2. The first-order chi connectivity index (χ1) is 13.2. The SMILES string of the molecule is CSc1cc2c(cc1NC(=O)CSc1ccc3c(c1)OCCO3)OCCO2. The van der Waals surface area contributed by atoms with Gasteiger partial charge in [-0.05, 0) is 30.5 Å². The highest BCUT2D eigenvalue weighted by Crippen LogP contribution is 2.39. The van der Waals surface area contributed by atoms with Gasteiger partial charge in [-0.3, -0.25) is 4.79 Å². The van der Waals surface area contributed by atoms with E-state index in [0.29, 0.717) is 43.7 Å². The molecular formula is C19H19NO5S2. The van der Waals surface area contributed by atoms with E-state index in [-0.39, 0.29) is 5.91 Å². The zero-order valence-electron chi connectivity index (χ0n) is 14.8. The molecule has 2 aromatic rings. The number of ether oxygens (including phenoxy) is 4. The quantitative estimate of drug-likeness (QED) is 0.761. The second kappa shape index (κ2) is 8.22. The second-order valence-corrected chi connectivity index (χ2v) is 7.74. The summed E-state index contributed by atoms with van der Waals surface area (Å²) in [6.07, 6.45) is 1.96. The molecule has 4 rings (SSSR count). The van der Waals surface area contributed by atoms with Crippen LogP contribution in [-0.2, 0) is 4.79 Å². The van der Waals surface area contributed by atoms with E-state index in [2.05, 4.69) is 5.32 Å². The van der Waals surface area contributed by atoms with E-state index in [1.165, 1.54) is 11.8 Å². The van der Waals surface area contributed by atoms with Crippen LogP contribution in [0.4, 0.5) is 5.69 Å². The Morgan fingerprint density at radius 2 is 1.56 bits per heavy atom. The van der Waals surface area contributed by atoms with Gasteiger partial charge in [0.05, 0.1) is 11.4 Å². The number of carbonyl (C=O) groups is 1. The molecule has 2 heterocycles. The largest absolute Gasteiger partial charge is 0.486 e. The van der Waals surface area contributed by atoms with Crippen molar-refractivity contribution in [2.75, 3.05) is 43.8 Å². The molecule has 0 bridgehead atoms. The molecule has 1 amide bonds. The number of hydrogen-bond acceptors (Lipinski definition) is 7. The summed E-state index contributed by atoms with van der Waals surface area (Å²) in [5, 5.41) is 2.97. The number of thioether (sulfide) groups is 2. The Morgan fingerprint density at radius 1 is 0.926 bits per heavy atom. The average molecular weight is 405 g/mol. The summed E-state index contributed by atoms with van der Waals surface area (Å²) in [5.41, 5.74) is 0.736. The number of hydrogen-bond donors (Lipinski definition) is 1. The van der Waals surface area contributed by atoms with Crippen LogP contribution in [0.1, 0.15) is 0 Å². The molecule has 0 saturated heterocycles. The van der Waals surface area contributed by atoms with Gasteiger partial charge in [-0.25, -0.2) is 0 Å². The van der Waals surface area contributed by atoms with Crippen LogP contribution in [-0.4, -0.2) is 44.3 Å². The van der Waals surface area contributed by atoms with E-state index in [4.69, 9.17) is 18.9 Å². The lowest BCUT2D eigenvalue weighted by Crippen LogP contribution is -2.18. The van der Waals surface area contributed by atoms with Crippen molar-refractivity contribution in [1.29, 1.82) is 0 Å². The molecule has 1 N–H and O–H groups in total. The summed E-state index contributed by atoms with van der Waals surface area (Å²) in [6.45, 7) is 2.16. The van der Waals surface area contributed by atoms with Crippen LogP contribution in [0, 0.1) is 0 Å². The van der Waals surface area contributed by atoms with Gasteiger partial charge in [0, 0.05) is 15.9 Å². The van der Waals surface area contributed by atoms with Crippen molar-refractivity contribution in [3.8, 4) is 23.0 Å². The van der Waals surface area contributed by atoms with Crippen LogP contribution in [0.2, 0.25) is 0 Å². The van der Waals surface area contributed by atoms with E-state index in [1.807, 2.05) is 36.6 Å². The third-order valence-electron chi connectivity index (χ3n) is 4.02. The monoisotopic (exact) mass is 405 g/mol. The number of benzene rings is 2. The molecule has 0 aromatic heterocycles. The summed E-state index contributed by atoms with van der Waals surface area (Å²) in [7, 11) is 0. The van der Waals surface area contributed by atoms with Gasteiger partial charge in [0.15, 0.2) is 23.0 Å². The van der Waals surface area contributed by atoms with Crippen molar-refractivity contribution in [2.45, 2.75) is 9.79 Å². The molecule has 0 unspecified atom stereocenters. The van der Waals surface area contributed by atoms with Gasteiger partial charge in [0.25, 0.3) is 0 Å². The van der Waals surface area contributed by atoms with Gasteiger partial charge in [-0.2, -0.15) is 0 Å². The fourth-order valence-corrected chi connectivity index (χ4v) is 4.06. The predicted molar refractivity (Wildman–Crippen MR) is 106 cm³/mol. The summed E-state index contributed by atoms with van der Waals surface area (Å²) < 4.78 is 22.3. The Balaban J connectivity index is 1.41. The van der Waals surface area contributed by atoms with Gasteiger partial charge in [0.1, 0.15) is 26.4 Å². The summed E-state index contributed by atoms with van der Waals surface area (Å²) in [6, 6.07) is 9.45. The minimum Gasteiger partial charge on any atom is -0.486 e. The first kappa shape index (κ1) is 18.2. The van der Waals surface area contributed by atoms with E-state index in [0.717, 1.165) is 27.0 Å². The Kier molecular flexibility index (Phi) is 5.54. The van der Waals surface area contributed by atoms with Crippen molar-refractivity contribution in [3.05, 3.63) is 30.3 Å². The highest BCUT2D eigenvalue weighted by atomic mass is 32.2. The van der Waals surface area contributed by atoms with E-state index in [9.17, 15) is 4.79 Å². The summed E-state index contributed by atoms with van der Waals surface area (Å²) in [4.78, 5) is 14.3. The topological polar surface area (TPSA) is 66.0 Å². The smallest absolute Gasteiger partial charge is 0.234 e. The van der Waals surface area contributed by atoms with Crippen LogP contribution in [0.15, 0.2) is 40.1 Å². The number of carbonyl (C=O) groups excluding carboxylic acids is 1. The van der Waals surface area contributed by atoms with Gasteiger partial charge < -0.3 is 24.3 Å². The Labute approximate surface area is 165 Å². The third kappa shape index (κ3) is 4.22. The van der Waals surface area contributed by atoms with E-state index >= 15 is 0 Å². The lowest BCUT2D eigenvalue weighted by Gasteiger charge is -2.21. The Hall–Kier alpha value is -2.19. The molecule has 0 radical (unpaired) electrons. The molecule has 6 nitrogen and oxygen atoms in total. The molecule has 2 aliphatic heterocycles. The van der Waals surface area contributed by atoms with Crippen LogP contribution < -0.4 is 24.3 Å². The van der Waals surface area contributed by atoms with E-state index < -0.39 is 0 Å². The first-order valence-electron chi connectivity index (χ1n) is 8.53. The molecule has 142 valence electrons. The Bertz CT molecular complexity index is 858. The van der Waals surface area contributed by atoms with E-state index in [1.54, 1.807) is 11.8 Å². The third-order valence-corrected chi connectivity index (χ3v) is 5.79. The molecule has 0 saturated carbocycles. The maximum Gasteiger partial charge on any atom is 0.234 e. The molecule has 0 spiro atoms. The summed E-state index contributed by atoms with van der Waals surface area (Å²) >= 11 is 3.01. The fraction of sp³-hybridized carbons (Fsp3) is 0.316. The Morgan fingerprint density at radius 3 is 2.26 bits per heavy atom. The van der Waals surface area contributed by atoms with Crippen LogP contribution in [0.5, 0.6) is 23.0 Å². The summed E-state index contributed by atoms with van der Waals surface area (Å²) in [5.74, 6) is 3.06. The molecule has 27 heavy (non-hydrogen) atoms. The maximum absolute atomic E-state index is 12.4. The molecule has 0 aliphatic carbocycles. The number of rotatable bonds is 5. The highest BCUT2D eigenvalue weighted by molar-refractivity contribution is 8.00. The van der Waals surface area contributed by atoms with Crippen molar-refractivity contribution in [2.24, 2.45) is 0 Å². The van der Waals surface area contributed by atoms with Crippen molar-refractivity contribution in [1.82, 2.24) is 0 Å². The molecule has 0 atom stereocenters. The minimum absolute atomic E-state index is 0.0816. The molecule has 0 fully saturated rings. The molecule has 2 aliphatic rings. The predicted octanol–water partition coefficient (Wildman–Crippen LogP) is 3.68. The van der Waals surface area contributed by atoms with Crippen molar-refractivity contribution in [3.63, 3.8) is 0 Å². The zero-order chi connectivity index (χ0) is 18.6. The van der Waals surface area contributed by atoms with Crippen molar-refractivity contribution < 1.29 is 23.7 Å². The van der Waals surface area contributed by atoms with Crippen LogP contribution in [0.25, 0.3) is 0 Å². The second-order valence-electron chi connectivity index (χ2n) is 5.84. The normalized spacial score (nSPS) is 14.6. The fourth-order valence-electron chi connectivity index (χ4n) is 2.79. The standard InChI is InChI=1S/C19H19NO5S2/c1-26-18-10-17-16(24-6-7-25-17)9-13(18)20-19(21)11-27-12-2-3-14-15(8-12)23-5-4-22-14/h2-3,8-10H,4-7,11H2,1H3,(H,20,21). The molecule has 8 heteroatoms. The van der Waals surface area contributed by atoms with Crippen LogP contribution in [0.3, 0.4) is 0 Å². The van der Waals surface area contributed by atoms with Crippen molar-refractivity contribution >= 4 is 35.1 Å². The van der Waals surface area contributed by atoms with Gasteiger partial charge in [-0.1, -0.05) is 0 Å². The highest BCUT2D eigenvalue weighted by Gasteiger charge is 2.17. The average Bonchev–Trinajstić information content (AvgIpc) is 2.71. The van der Waals surface area contributed by atoms with Crippen LogP contribution >= 0.6 is 23.5 Å². The number of anilines is 1. The van der Waals surface area contributed by atoms with Gasteiger partial charge >= 0.3 is 0 Å². The number of amides is 1. The molecule has 2 aromatic carbocycles. The maximum atomic E-state index is 12.4. The zero-order valence-corrected chi connectivity index (χ0v) is 16.4. The molecular weight excluding hydrogens is 386 g/mol. The lowest BCUT2D eigenvalue weighted by molar-refractivity contribution is -0.113. The minimum atomic E-state index is -0.0816. The van der Waals surface area contributed by atoms with Gasteiger partial charge in [-0.15, -0.1) is 23.5 Å².